The fourth-order valence-electron chi connectivity index (χ4n) is 5.26. The SMILES string of the molecule is CS(=O)(=O)NCCc1ccc(C(=O)NCC2CC3c4ccccc4C2c2ccccc23)s1. The van der Waals surface area contributed by atoms with Gasteiger partial charge in [0.1, 0.15) is 0 Å². The minimum atomic E-state index is -3.20. The zero-order chi connectivity index (χ0) is 22.3. The van der Waals surface area contributed by atoms with Crippen LogP contribution in [0, 0.1) is 5.92 Å². The molecule has 166 valence electrons. The van der Waals surface area contributed by atoms with Crippen molar-refractivity contribution in [2.75, 3.05) is 19.3 Å². The van der Waals surface area contributed by atoms with Gasteiger partial charge in [-0.25, -0.2) is 13.1 Å². The van der Waals surface area contributed by atoms with Crippen LogP contribution in [0.1, 0.15) is 55.1 Å². The van der Waals surface area contributed by atoms with Gasteiger partial charge in [0.2, 0.25) is 10.0 Å². The Hall–Kier alpha value is -2.48. The lowest BCUT2D eigenvalue weighted by Crippen LogP contribution is -2.39. The first-order valence-corrected chi connectivity index (χ1v) is 13.6. The summed E-state index contributed by atoms with van der Waals surface area (Å²) in [6, 6.07) is 21.2. The third-order valence-electron chi connectivity index (χ3n) is 6.57. The molecule has 0 saturated carbocycles. The molecule has 3 aliphatic rings. The summed E-state index contributed by atoms with van der Waals surface area (Å²) >= 11 is 1.42. The Labute approximate surface area is 192 Å². The van der Waals surface area contributed by atoms with E-state index in [2.05, 4.69) is 58.6 Å². The normalized spacial score (nSPS) is 21.1. The van der Waals surface area contributed by atoms with Gasteiger partial charge in [0, 0.05) is 29.8 Å². The lowest BCUT2D eigenvalue weighted by Gasteiger charge is -2.45. The van der Waals surface area contributed by atoms with Crippen LogP contribution < -0.4 is 10.0 Å². The molecule has 3 aromatic rings. The van der Waals surface area contributed by atoms with Crippen molar-refractivity contribution < 1.29 is 13.2 Å². The Kier molecular flexibility index (Phi) is 5.65. The minimum Gasteiger partial charge on any atom is -0.351 e. The molecule has 6 rings (SSSR count). The number of carbonyl (C=O) groups is 1. The fraction of sp³-hybridized carbons (Fsp3) is 0.320. The highest BCUT2D eigenvalue weighted by Gasteiger charge is 2.42. The van der Waals surface area contributed by atoms with Crippen LogP contribution in [0.2, 0.25) is 0 Å². The second kappa shape index (κ2) is 8.46. The summed E-state index contributed by atoms with van der Waals surface area (Å²) in [6.07, 6.45) is 2.77. The molecular formula is C25H26N2O3S2. The summed E-state index contributed by atoms with van der Waals surface area (Å²) in [4.78, 5) is 14.5. The number of fused-ring (bicyclic) bond motifs is 1. The molecule has 2 N–H and O–H groups in total. The Morgan fingerprint density at radius 1 is 0.969 bits per heavy atom. The molecular weight excluding hydrogens is 440 g/mol. The number of hydrogen-bond acceptors (Lipinski definition) is 4. The van der Waals surface area contributed by atoms with Crippen molar-refractivity contribution in [3.8, 4) is 0 Å². The largest absolute Gasteiger partial charge is 0.351 e. The lowest BCUT2D eigenvalue weighted by molar-refractivity contribution is 0.0947. The van der Waals surface area contributed by atoms with E-state index in [1.807, 2.05) is 12.1 Å². The second-order valence-electron chi connectivity index (χ2n) is 8.68. The van der Waals surface area contributed by atoms with Gasteiger partial charge in [0.05, 0.1) is 11.1 Å². The molecule has 2 aromatic carbocycles. The van der Waals surface area contributed by atoms with E-state index in [9.17, 15) is 13.2 Å². The van der Waals surface area contributed by atoms with E-state index in [1.54, 1.807) is 0 Å². The highest BCUT2D eigenvalue weighted by Crippen LogP contribution is 2.55. The summed E-state index contributed by atoms with van der Waals surface area (Å²) in [5.74, 6) is 1.02. The smallest absolute Gasteiger partial charge is 0.261 e. The first-order valence-electron chi connectivity index (χ1n) is 10.9. The van der Waals surface area contributed by atoms with Gasteiger partial charge < -0.3 is 5.32 Å². The van der Waals surface area contributed by atoms with Crippen molar-refractivity contribution in [2.45, 2.75) is 24.7 Å². The zero-order valence-electron chi connectivity index (χ0n) is 17.9. The molecule has 2 bridgehead atoms. The summed E-state index contributed by atoms with van der Waals surface area (Å²) in [5.41, 5.74) is 5.67. The first-order chi connectivity index (χ1) is 15.4. The summed E-state index contributed by atoms with van der Waals surface area (Å²) < 4.78 is 24.9. The van der Waals surface area contributed by atoms with Gasteiger partial charge in [0.15, 0.2) is 0 Å². The third kappa shape index (κ3) is 4.12. The molecule has 3 aliphatic carbocycles. The number of nitrogens with one attached hydrogen (secondary N) is 2. The highest BCUT2D eigenvalue weighted by atomic mass is 32.2. The topological polar surface area (TPSA) is 75.3 Å². The average molecular weight is 467 g/mol. The van der Waals surface area contributed by atoms with Gasteiger partial charge in [-0.15, -0.1) is 11.3 Å². The molecule has 32 heavy (non-hydrogen) atoms. The molecule has 5 nitrogen and oxygen atoms in total. The number of benzene rings is 2. The van der Waals surface area contributed by atoms with Crippen LogP contribution in [-0.4, -0.2) is 33.7 Å². The summed E-state index contributed by atoms with van der Waals surface area (Å²) in [7, 11) is -3.20. The Morgan fingerprint density at radius 3 is 2.22 bits per heavy atom. The Balaban J connectivity index is 1.27. The summed E-state index contributed by atoms with van der Waals surface area (Å²) in [6.45, 7) is 0.982. The number of sulfonamides is 1. The van der Waals surface area contributed by atoms with Gasteiger partial charge in [-0.05, 0) is 53.1 Å². The maximum Gasteiger partial charge on any atom is 0.261 e. The van der Waals surface area contributed by atoms with Crippen LogP contribution in [0.15, 0.2) is 60.7 Å². The predicted molar refractivity (Wildman–Crippen MR) is 128 cm³/mol. The first kappa shape index (κ1) is 21.4. The van der Waals surface area contributed by atoms with Gasteiger partial charge in [0.25, 0.3) is 5.91 Å². The zero-order valence-corrected chi connectivity index (χ0v) is 19.5. The van der Waals surface area contributed by atoms with Crippen molar-refractivity contribution >= 4 is 27.3 Å². The number of rotatable bonds is 7. The van der Waals surface area contributed by atoms with E-state index >= 15 is 0 Å². The average Bonchev–Trinajstić information content (AvgIpc) is 3.26. The number of thiophene rings is 1. The maximum absolute atomic E-state index is 12.8. The van der Waals surface area contributed by atoms with Crippen molar-refractivity contribution in [1.82, 2.24) is 10.0 Å². The van der Waals surface area contributed by atoms with Gasteiger partial charge in [-0.3, -0.25) is 4.79 Å². The number of carbonyl (C=O) groups excluding carboxylic acids is 1. The van der Waals surface area contributed by atoms with Crippen molar-refractivity contribution in [2.24, 2.45) is 5.92 Å². The molecule has 1 unspecified atom stereocenters. The molecule has 0 radical (unpaired) electrons. The van der Waals surface area contributed by atoms with Gasteiger partial charge >= 0.3 is 0 Å². The quantitative estimate of drug-likeness (QED) is 0.555. The number of hydrogen-bond donors (Lipinski definition) is 2. The highest BCUT2D eigenvalue weighted by molar-refractivity contribution is 7.88. The minimum absolute atomic E-state index is 0.0552. The molecule has 1 heterocycles. The second-order valence-corrected chi connectivity index (χ2v) is 11.7. The van der Waals surface area contributed by atoms with E-state index in [1.165, 1.54) is 33.6 Å². The molecule has 1 amide bonds. The molecule has 1 atom stereocenters. The molecule has 0 aliphatic heterocycles. The van der Waals surface area contributed by atoms with E-state index < -0.39 is 10.0 Å². The van der Waals surface area contributed by atoms with E-state index in [-0.39, 0.29) is 5.91 Å². The maximum atomic E-state index is 12.8. The van der Waals surface area contributed by atoms with Crippen molar-refractivity contribution in [3.63, 3.8) is 0 Å². The molecule has 7 heteroatoms. The fourth-order valence-corrected chi connectivity index (χ4v) is 6.66. The van der Waals surface area contributed by atoms with Gasteiger partial charge in [-0.2, -0.15) is 0 Å². The molecule has 0 spiro atoms. The Morgan fingerprint density at radius 2 is 1.59 bits per heavy atom. The van der Waals surface area contributed by atoms with Crippen LogP contribution in [0.25, 0.3) is 0 Å². The van der Waals surface area contributed by atoms with E-state index in [4.69, 9.17) is 0 Å². The number of amides is 1. The monoisotopic (exact) mass is 466 g/mol. The van der Waals surface area contributed by atoms with Gasteiger partial charge in [-0.1, -0.05) is 48.5 Å². The molecule has 0 saturated heterocycles. The van der Waals surface area contributed by atoms with Crippen LogP contribution in [0.3, 0.4) is 0 Å². The Bertz CT molecular complexity index is 1220. The van der Waals surface area contributed by atoms with Crippen molar-refractivity contribution in [1.29, 1.82) is 0 Å². The predicted octanol–water partition coefficient (Wildman–Crippen LogP) is 3.87. The van der Waals surface area contributed by atoms with Crippen LogP contribution in [0.4, 0.5) is 0 Å². The van der Waals surface area contributed by atoms with Crippen LogP contribution >= 0.6 is 11.3 Å². The lowest BCUT2D eigenvalue weighted by atomic mass is 9.59. The standard InChI is InChI=1S/C25H26N2O3S2/c1-32(29,30)27-13-12-17-10-11-23(31-17)25(28)26-15-16-14-22-18-6-2-4-8-20(18)24(16)21-9-5-3-7-19(21)22/h2-11,16,22,24,27H,12-15H2,1H3,(H,26,28). The third-order valence-corrected chi connectivity index (χ3v) is 8.44. The van der Waals surface area contributed by atoms with E-state index in [0.29, 0.717) is 42.1 Å². The van der Waals surface area contributed by atoms with E-state index in [0.717, 1.165) is 17.6 Å². The molecule has 1 aromatic heterocycles. The van der Waals surface area contributed by atoms with Crippen molar-refractivity contribution in [3.05, 3.63) is 92.7 Å². The molecule has 0 fully saturated rings. The van der Waals surface area contributed by atoms with Crippen LogP contribution in [0.5, 0.6) is 0 Å². The van der Waals surface area contributed by atoms with Crippen LogP contribution in [-0.2, 0) is 16.4 Å². The summed E-state index contributed by atoms with van der Waals surface area (Å²) in [5, 5.41) is 3.17.